The van der Waals surface area contributed by atoms with Gasteiger partial charge in [0.2, 0.25) is 0 Å². The number of carbonyl (C=O) groups is 1. The summed E-state index contributed by atoms with van der Waals surface area (Å²) in [7, 11) is 1.53. The maximum absolute atomic E-state index is 13.9. The van der Waals surface area contributed by atoms with Crippen LogP contribution in [0.2, 0.25) is 0 Å². The first-order chi connectivity index (χ1) is 17.6. The Bertz CT molecular complexity index is 1320. The topological polar surface area (TPSA) is 64.0 Å². The van der Waals surface area contributed by atoms with Crippen LogP contribution in [0, 0.1) is 0 Å². The number of methoxy groups -OCH3 is 1. The summed E-state index contributed by atoms with van der Waals surface area (Å²) in [5.74, 6) is 1.17. The van der Waals surface area contributed by atoms with Crippen LogP contribution in [0.4, 0.5) is 0 Å². The van der Waals surface area contributed by atoms with Crippen molar-refractivity contribution in [3.63, 3.8) is 0 Å². The van der Waals surface area contributed by atoms with Gasteiger partial charge in [-0.25, -0.2) is 0 Å². The molecule has 3 aromatic rings. The quantitative estimate of drug-likeness (QED) is 0.533. The molecule has 2 aromatic carbocycles. The second-order valence-corrected chi connectivity index (χ2v) is 9.38. The molecule has 0 atom stereocenters. The van der Waals surface area contributed by atoms with Gasteiger partial charge in [0.05, 0.1) is 13.7 Å². The first-order valence-electron chi connectivity index (χ1n) is 12.7. The zero-order chi connectivity index (χ0) is 25.1. The highest BCUT2D eigenvalue weighted by atomic mass is 16.5. The molecule has 7 nitrogen and oxygen atoms in total. The molecule has 0 saturated heterocycles. The second-order valence-electron chi connectivity index (χ2n) is 9.38. The van der Waals surface area contributed by atoms with Gasteiger partial charge in [-0.15, -0.1) is 0 Å². The van der Waals surface area contributed by atoms with E-state index in [9.17, 15) is 9.59 Å². The molecule has 36 heavy (non-hydrogen) atoms. The minimum absolute atomic E-state index is 0.0667. The summed E-state index contributed by atoms with van der Waals surface area (Å²) in [5, 5.41) is 0. The van der Waals surface area contributed by atoms with Gasteiger partial charge in [-0.1, -0.05) is 36.4 Å². The molecule has 0 radical (unpaired) electrons. The highest BCUT2D eigenvalue weighted by Crippen LogP contribution is 2.28. The van der Waals surface area contributed by atoms with Crippen molar-refractivity contribution in [2.75, 3.05) is 33.4 Å². The van der Waals surface area contributed by atoms with E-state index in [0.29, 0.717) is 44.0 Å². The van der Waals surface area contributed by atoms with Crippen LogP contribution in [-0.4, -0.2) is 53.6 Å². The van der Waals surface area contributed by atoms with E-state index in [1.165, 1.54) is 29.9 Å². The molecule has 2 aliphatic rings. The summed E-state index contributed by atoms with van der Waals surface area (Å²) in [5.41, 5.74) is 4.81. The molecular weight excluding hydrogens is 454 g/mol. The van der Waals surface area contributed by atoms with Crippen LogP contribution in [0.15, 0.2) is 59.4 Å². The fraction of sp³-hybridized carbons (Fsp3) is 0.379. The first-order valence-corrected chi connectivity index (χ1v) is 12.7. The monoisotopic (exact) mass is 487 g/mol. The van der Waals surface area contributed by atoms with E-state index in [0.717, 1.165) is 37.5 Å². The summed E-state index contributed by atoms with van der Waals surface area (Å²) in [6.07, 6.45) is 1.43. The van der Waals surface area contributed by atoms with Crippen molar-refractivity contribution in [1.82, 2.24) is 14.4 Å². The molecule has 0 bridgehead atoms. The molecule has 0 saturated carbocycles. The number of aromatic nitrogens is 1. The third kappa shape index (κ3) is 4.88. The van der Waals surface area contributed by atoms with E-state index in [1.54, 1.807) is 4.57 Å². The van der Waals surface area contributed by atoms with Gasteiger partial charge in [0, 0.05) is 57.4 Å². The van der Waals surface area contributed by atoms with Gasteiger partial charge in [0.1, 0.15) is 17.1 Å². The van der Waals surface area contributed by atoms with Crippen molar-refractivity contribution in [3.05, 3.63) is 92.9 Å². The van der Waals surface area contributed by atoms with Gasteiger partial charge >= 0.3 is 0 Å². The number of hydrogen-bond donors (Lipinski definition) is 0. The third-order valence-electron chi connectivity index (χ3n) is 7.15. The summed E-state index contributed by atoms with van der Waals surface area (Å²) in [4.78, 5) is 31.1. The van der Waals surface area contributed by atoms with Crippen LogP contribution in [0.3, 0.4) is 0 Å². The van der Waals surface area contributed by atoms with Crippen LogP contribution in [-0.2, 0) is 32.5 Å². The fourth-order valence-corrected chi connectivity index (χ4v) is 5.33. The number of nitrogens with zero attached hydrogens (tertiary/aromatic N) is 3. The van der Waals surface area contributed by atoms with Crippen LogP contribution < -0.4 is 15.0 Å². The predicted octanol–water partition coefficient (Wildman–Crippen LogP) is 3.51. The number of amides is 1. The van der Waals surface area contributed by atoms with E-state index in [2.05, 4.69) is 29.2 Å². The van der Waals surface area contributed by atoms with Gasteiger partial charge in [-0.3, -0.25) is 14.5 Å². The van der Waals surface area contributed by atoms with Gasteiger partial charge in [-0.05, 0) is 42.2 Å². The van der Waals surface area contributed by atoms with Crippen LogP contribution in [0.5, 0.6) is 11.5 Å². The Hall–Kier alpha value is -3.58. The molecule has 0 unspecified atom stereocenters. The Morgan fingerprint density at radius 3 is 2.58 bits per heavy atom. The molecule has 0 spiro atoms. The van der Waals surface area contributed by atoms with Crippen LogP contribution in [0.25, 0.3) is 0 Å². The molecule has 7 heteroatoms. The highest BCUT2D eigenvalue weighted by Gasteiger charge is 2.30. The Morgan fingerprint density at radius 1 is 0.944 bits per heavy atom. The lowest BCUT2D eigenvalue weighted by molar-refractivity contribution is 0.0728. The van der Waals surface area contributed by atoms with Gasteiger partial charge < -0.3 is 18.9 Å². The van der Waals surface area contributed by atoms with Crippen LogP contribution in [0.1, 0.15) is 39.7 Å². The highest BCUT2D eigenvalue weighted by molar-refractivity contribution is 5.98. The second kappa shape index (κ2) is 10.6. The lowest BCUT2D eigenvalue weighted by atomic mass is 9.98. The number of pyridine rings is 1. The van der Waals surface area contributed by atoms with Crippen molar-refractivity contribution in [2.45, 2.75) is 39.4 Å². The van der Waals surface area contributed by atoms with E-state index >= 15 is 0 Å². The smallest absolute Gasteiger partial charge is 0.259 e. The average Bonchev–Trinajstić information content (AvgIpc) is 3.11. The molecular formula is C29H33N3O4. The van der Waals surface area contributed by atoms with Crippen molar-refractivity contribution >= 4 is 5.91 Å². The van der Waals surface area contributed by atoms with Gasteiger partial charge in [0.15, 0.2) is 0 Å². The third-order valence-corrected chi connectivity index (χ3v) is 7.15. The van der Waals surface area contributed by atoms with E-state index < -0.39 is 0 Å². The van der Waals surface area contributed by atoms with E-state index in [4.69, 9.17) is 9.47 Å². The fourth-order valence-electron chi connectivity index (χ4n) is 5.33. The Labute approximate surface area is 211 Å². The molecule has 2 aliphatic heterocycles. The van der Waals surface area contributed by atoms with Crippen LogP contribution >= 0.6 is 0 Å². The molecule has 188 valence electrons. The summed E-state index contributed by atoms with van der Waals surface area (Å²) >= 11 is 0. The number of benzene rings is 2. The summed E-state index contributed by atoms with van der Waals surface area (Å²) in [6.45, 7) is 6.59. The Kier molecular flexibility index (Phi) is 7.09. The zero-order valence-corrected chi connectivity index (χ0v) is 21.0. The molecule has 0 N–H and O–H groups in total. The largest absolute Gasteiger partial charge is 0.496 e. The number of ether oxygens (including phenoxy) is 2. The average molecular weight is 488 g/mol. The number of fused-ring (bicyclic) bond motifs is 2. The van der Waals surface area contributed by atoms with Gasteiger partial charge in [-0.2, -0.15) is 0 Å². The van der Waals surface area contributed by atoms with Crippen molar-refractivity contribution in [1.29, 1.82) is 0 Å². The SMILES string of the molecule is CCOc1cccc(CN2CCc3c(C(=O)N4CCc5ccccc5C4)c(OC)cc(=O)n3CC2)c1. The lowest BCUT2D eigenvalue weighted by Crippen LogP contribution is -2.38. The van der Waals surface area contributed by atoms with E-state index in [-0.39, 0.29) is 11.5 Å². The van der Waals surface area contributed by atoms with Crippen molar-refractivity contribution in [3.8, 4) is 11.5 Å². The van der Waals surface area contributed by atoms with Crippen molar-refractivity contribution in [2.24, 2.45) is 0 Å². The summed E-state index contributed by atoms with van der Waals surface area (Å²) < 4.78 is 13.0. The minimum Gasteiger partial charge on any atom is -0.496 e. The normalized spacial score (nSPS) is 15.6. The zero-order valence-electron chi connectivity index (χ0n) is 21.0. The maximum Gasteiger partial charge on any atom is 0.259 e. The molecule has 0 fully saturated rings. The number of rotatable bonds is 6. The Balaban J connectivity index is 1.40. The first kappa shape index (κ1) is 24.1. The number of carbonyl (C=O) groups excluding carboxylic acids is 1. The number of hydrogen-bond acceptors (Lipinski definition) is 5. The van der Waals surface area contributed by atoms with Crippen molar-refractivity contribution < 1.29 is 14.3 Å². The molecule has 5 rings (SSSR count). The van der Waals surface area contributed by atoms with Gasteiger partial charge in [0.25, 0.3) is 11.5 Å². The predicted molar refractivity (Wildman–Crippen MR) is 139 cm³/mol. The molecule has 0 aliphatic carbocycles. The standard InChI is InChI=1S/C29H33N3O4/c1-3-36-24-10-6-7-21(17-24)19-30-13-12-25-28(26(35-2)18-27(33)32(25)16-15-30)29(34)31-14-11-22-8-4-5-9-23(22)20-31/h4-10,17-18H,3,11-16,19-20H2,1-2H3. The molecule has 1 amide bonds. The maximum atomic E-state index is 13.9. The summed E-state index contributed by atoms with van der Waals surface area (Å²) in [6, 6.07) is 17.9. The Morgan fingerprint density at radius 2 is 1.78 bits per heavy atom. The van der Waals surface area contributed by atoms with E-state index in [1.807, 2.05) is 36.1 Å². The minimum atomic E-state index is -0.123. The lowest BCUT2D eigenvalue weighted by Gasteiger charge is -2.30. The molecule has 1 aromatic heterocycles. The molecule has 3 heterocycles.